The Labute approximate surface area is 152 Å². The van der Waals surface area contributed by atoms with Crippen LogP contribution in [0.15, 0.2) is 48.5 Å². The zero-order chi connectivity index (χ0) is 19.1. The molecule has 2 rings (SSSR count). The monoisotopic (exact) mass is 357 g/mol. The van der Waals surface area contributed by atoms with E-state index < -0.39 is 5.97 Å². The van der Waals surface area contributed by atoms with E-state index in [9.17, 15) is 14.7 Å². The molecule has 0 aliphatic rings. The molecule has 0 spiro atoms. The molecule has 0 saturated heterocycles. The normalized spacial score (nSPS) is 12.9. The van der Waals surface area contributed by atoms with Gasteiger partial charge in [-0.15, -0.1) is 0 Å². The minimum atomic E-state index is -1.05. The maximum atomic E-state index is 12.4. The summed E-state index contributed by atoms with van der Waals surface area (Å²) in [7, 11) is 3.18. The zero-order valence-electron chi connectivity index (χ0n) is 15.1. The molecule has 0 fully saturated rings. The summed E-state index contributed by atoms with van der Waals surface area (Å²) >= 11 is 0. The third kappa shape index (κ3) is 4.83. The van der Waals surface area contributed by atoms with Crippen LogP contribution in [0.2, 0.25) is 0 Å². The van der Waals surface area contributed by atoms with E-state index >= 15 is 0 Å². The first-order chi connectivity index (χ1) is 12.5. The van der Waals surface area contributed by atoms with Crippen LogP contribution in [-0.4, -0.2) is 37.2 Å². The minimum absolute atomic E-state index is 0.00808. The first-order valence-corrected chi connectivity index (χ1v) is 8.23. The number of carbonyl (C=O) groups excluding carboxylic acids is 1. The van der Waals surface area contributed by atoms with Gasteiger partial charge in [-0.2, -0.15) is 0 Å². The maximum Gasteiger partial charge on any atom is 0.335 e. The van der Waals surface area contributed by atoms with E-state index in [2.05, 4.69) is 5.32 Å². The third-order valence-corrected chi connectivity index (χ3v) is 4.14. The molecule has 0 saturated carbocycles. The van der Waals surface area contributed by atoms with E-state index in [-0.39, 0.29) is 30.0 Å². The fraction of sp³-hybridized carbons (Fsp3) is 0.300. The van der Waals surface area contributed by atoms with Gasteiger partial charge in [-0.25, -0.2) is 4.79 Å². The molecule has 26 heavy (non-hydrogen) atoms. The van der Waals surface area contributed by atoms with Crippen LogP contribution in [0.4, 0.5) is 0 Å². The fourth-order valence-electron chi connectivity index (χ4n) is 2.86. The number of methoxy groups -OCH3 is 2. The van der Waals surface area contributed by atoms with Crippen molar-refractivity contribution in [2.24, 2.45) is 0 Å². The molecule has 2 unspecified atom stereocenters. The van der Waals surface area contributed by atoms with Crippen molar-refractivity contribution in [3.05, 3.63) is 65.2 Å². The Morgan fingerprint density at radius 1 is 1.08 bits per heavy atom. The maximum absolute atomic E-state index is 12.4. The molecular weight excluding hydrogens is 334 g/mol. The van der Waals surface area contributed by atoms with E-state index in [0.717, 1.165) is 11.3 Å². The standard InChI is InChI=1S/C20H23NO5/c1-13(19(26-3)14-8-10-16(25-2)11-9-14)21-18(22)12-15-6-4-5-7-17(15)20(23)24/h4-11,13,19H,12H2,1-3H3,(H,21,22)(H,23,24). The fourth-order valence-corrected chi connectivity index (χ4v) is 2.86. The Bertz CT molecular complexity index is 757. The Balaban J connectivity index is 2.06. The van der Waals surface area contributed by atoms with Crippen LogP contribution in [0.3, 0.4) is 0 Å². The first kappa shape index (κ1) is 19.5. The van der Waals surface area contributed by atoms with Gasteiger partial charge in [-0.3, -0.25) is 4.79 Å². The molecule has 2 aromatic rings. The summed E-state index contributed by atoms with van der Waals surface area (Å²) in [6, 6.07) is 13.6. The highest BCUT2D eigenvalue weighted by atomic mass is 16.5. The molecule has 6 nitrogen and oxygen atoms in total. The number of rotatable bonds is 8. The van der Waals surface area contributed by atoms with Crippen LogP contribution < -0.4 is 10.1 Å². The highest BCUT2D eigenvalue weighted by Gasteiger charge is 2.21. The van der Waals surface area contributed by atoms with Gasteiger partial charge in [0, 0.05) is 7.11 Å². The van der Waals surface area contributed by atoms with E-state index in [1.165, 1.54) is 6.07 Å². The number of carboxylic acid groups (broad SMARTS) is 1. The van der Waals surface area contributed by atoms with Gasteiger partial charge in [0.2, 0.25) is 5.91 Å². The van der Waals surface area contributed by atoms with Crippen molar-refractivity contribution in [1.82, 2.24) is 5.32 Å². The second-order valence-electron chi connectivity index (χ2n) is 5.92. The molecule has 0 aliphatic heterocycles. The van der Waals surface area contributed by atoms with Crippen LogP contribution in [0, 0.1) is 0 Å². The summed E-state index contributed by atoms with van der Waals surface area (Å²) in [5, 5.41) is 12.1. The average molecular weight is 357 g/mol. The molecular formula is C20H23NO5. The molecule has 0 bridgehead atoms. The lowest BCUT2D eigenvalue weighted by atomic mass is 10.0. The Morgan fingerprint density at radius 3 is 2.31 bits per heavy atom. The summed E-state index contributed by atoms with van der Waals surface area (Å²) in [5.41, 5.74) is 1.52. The predicted octanol–water partition coefficient (Wildman–Crippen LogP) is 2.83. The van der Waals surface area contributed by atoms with Gasteiger partial charge >= 0.3 is 5.97 Å². The summed E-state index contributed by atoms with van der Waals surface area (Å²) in [6.07, 6.45) is -0.342. The largest absolute Gasteiger partial charge is 0.497 e. The smallest absolute Gasteiger partial charge is 0.335 e. The number of carboxylic acids is 1. The van der Waals surface area contributed by atoms with Crippen molar-refractivity contribution in [3.63, 3.8) is 0 Å². The van der Waals surface area contributed by atoms with Crippen molar-refractivity contribution in [1.29, 1.82) is 0 Å². The number of amides is 1. The van der Waals surface area contributed by atoms with Crippen LogP contribution in [0.25, 0.3) is 0 Å². The van der Waals surface area contributed by atoms with Gasteiger partial charge in [0.1, 0.15) is 11.9 Å². The summed E-state index contributed by atoms with van der Waals surface area (Å²) in [6.45, 7) is 1.85. The number of aromatic carboxylic acids is 1. The number of hydrogen-bond donors (Lipinski definition) is 2. The van der Waals surface area contributed by atoms with Crippen LogP contribution in [0.5, 0.6) is 5.75 Å². The summed E-state index contributed by atoms with van der Waals surface area (Å²) in [4.78, 5) is 23.6. The lowest BCUT2D eigenvalue weighted by molar-refractivity contribution is -0.122. The number of benzene rings is 2. The molecule has 2 atom stereocenters. The number of nitrogens with one attached hydrogen (secondary N) is 1. The lowest BCUT2D eigenvalue weighted by Gasteiger charge is -2.24. The third-order valence-electron chi connectivity index (χ3n) is 4.14. The lowest BCUT2D eigenvalue weighted by Crippen LogP contribution is -2.38. The first-order valence-electron chi connectivity index (χ1n) is 8.23. The Morgan fingerprint density at radius 2 is 1.73 bits per heavy atom. The van der Waals surface area contributed by atoms with Gasteiger partial charge < -0.3 is 19.9 Å². The van der Waals surface area contributed by atoms with E-state index in [4.69, 9.17) is 9.47 Å². The summed E-state index contributed by atoms with van der Waals surface area (Å²) in [5.74, 6) is -0.568. The Hall–Kier alpha value is -2.86. The SMILES string of the molecule is COc1ccc(C(OC)C(C)NC(=O)Cc2ccccc2C(=O)O)cc1. The molecule has 1 amide bonds. The van der Waals surface area contributed by atoms with Crippen molar-refractivity contribution >= 4 is 11.9 Å². The highest BCUT2D eigenvalue weighted by Crippen LogP contribution is 2.23. The zero-order valence-corrected chi connectivity index (χ0v) is 15.1. The topological polar surface area (TPSA) is 84.9 Å². The highest BCUT2D eigenvalue weighted by molar-refractivity contribution is 5.91. The quantitative estimate of drug-likeness (QED) is 0.759. The van der Waals surface area contributed by atoms with Gasteiger partial charge in [0.15, 0.2) is 0 Å². The minimum Gasteiger partial charge on any atom is -0.497 e. The second kappa shape index (κ2) is 9.01. The average Bonchev–Trinajstić information content (AvgIpc) is 2.63. The number of hydrogen-bond acceptors (Lipinski definition) is 4. The van der Waals surface area contributed by atoms with E-state index in [0.29, 0.717) is 5.56 Å². The number of carbonyl (C=O) groups is 2. The van der Waals surface area contributed by atoms with Gasteiger partial charge in [0.25, 0.3) is 0 Å². The van der Waals surface area contributed by atoms with Crippen molar-refractivity contribution in [2.45, 2.75) is 25.5 Å². The van der Waals surface area contributed by atoms with Crippen LogP contribution in [-0.2, 0) is 16.0 Å². The van der Waals surface area contributed by atoms with Gasteiger partial charge in [0.05, 0.1) is 25.1 Å². The second-order valence-corrected chi connectivity index (χ2v) is 5.92. The molecule has 0 aromatic heterocycles. The van der Waals surface area contributed by atoms with E-state index in [1.807, 2.05) is 31.2 Å². The molecule has 2 N–H and O–H groups in total. The molecule has 2 aromatic carbocycles. The van der Waals surface area contributed by atoms with E-state index in [1.54, 1.807) is 32.4 Å². The Kier molecular flexibility index (Phi) is 6.74. The molecule has 138 valence electrons. The molecule has 0 radical (unpaired) electrons. The van der Waals surface area contributed by atoms with Gasteiger partial charge in [-0.1, -0.05) is 30.3 Å². The van der Waals surface area contributed by atoms with Crippen LogP contribution >= 0.6 is 0 Å². The van der Waals surface area contributed by atoms with Gasteiger partial charge in [-0.05, 0) is 36.2 Å². The van der Waals surface area contributed by atoms with Crippen molar-refractivity contribution in [3.8, 4) is 5.75 Å². The van der Waals surface area contributed by atoms with Crippen molar-refractivity contribution in [2.75, 3.05) is 14.2 Å². The van der Waals surface area contributed by atoms with Crippen LogP contribution in [0.1, 0.15) is 34.5 Å². The molecule has 0 aliphatic carbocycles. The predicted molar refractivity (Wildman–Crippen MR) is 97.5 cm³/mol. The molecule has 6 heteroatoms. The number of ether oxygens (including phenoxy) is 2. The van der Waals surface area contributed by atoms with Crippen molar-refractivity contribution < 1.29 is 24.2 Å². The molecule has 0 heterocycles. The summed E-state index contributed by atoms with van der Waals surface area (Å²) < 4.78 is 10.7.